The lowest BCUT2D eigenvalue weighted by Gasteiger charge is -2.27. The molecule has 2 aromatic rings. The number of rotatable bonds is 6. The number of hydrogen-bond acceptors (Lipinski definition) is 4. The molecule has 1 fully saturated rings. The zero-order valence-corrected chi connectivity index (χ0v) is 18.2. The van der Waals surface area contributed by atoms with Crippen molar-refractivity contribution in [2.75, 3.05) is 25.0 Å². The minimum absolute atomic E-state index is 0.0955. The van der Waals surface area contributed by atoms with Crippen LogP contribution in [0.3, 0.4) is 0 Å². The average Bonchev–Trinajstić information content (AvgIpc) is 3.07. The summed E-state index contributed by atoms with van der Waals surface area (Å²) < 4.78 is 0. The maximum absolute atomic E-state index is 13.0. The number of para-hydroxylation sites is 1. The van der Waals surface area contributed by atoms with Gasteiger partial charge in [0.1, 0.15) is 0 Å². The van der Waals surface area contributed by atoms with Gasteiger partial charge in [0.15, 0.2) is 0 Å². The van der Waals surface area contributed by atoms with Gasteiger partial charge in [0.25, 0.3) is 23.6 Å². The Kier molecular flexibility index (Phi) is 6.35. The number of fused-ring (bicyclic) bond motifs is 1. The number of amides is 4. The first-order valence-electron chi connectivity index (χ1n) is 11.2. The number of nitrogens with one attached hydrogen (secondary N) is 1. The molecule has 0 bridgehead atoms. The van der Waals surface area contributed by atoms with E-state index in [1.807, 2.05) is 11.8 Å². The number of benzene rings is 2. The summed E-state index contributed by atoms with van der Waals surface area (Å²) in [4.78, 5) is 54.2. The van der Waals surface area contributed by atoms with E-state index in [-0.39, 0.29) is 28.8 Å². The van der Waals surface area contributed by atoms with Crippen LogP contribution in [-0.2, 0) is 0 Å². The Hall–Kier alpha value is -3.48. The molecule has 7 nitrogen and oxygen atoms in total. The molecule has 4 amide bonds. The molecule has 0 saturated carbocycles. The van der Waals surface area contributed by atoms with E-state index in [2.05, 4.69) is 5.32 Å². The van der Waals surface area contributed by atoms with Crippen LogP contribution in [0.5, 0.6) is 0 Å². The van der Waals surface area contributed by atoms with Crippen molar-refractivity contribution in [2.24, 2.45) is 0 Å². The van der Waals surface area contributed by atoms with E-state index in [4.69, 9.17) is 0 Å². The summed E-state index contributed by atoms with van der Waals surface area (Å²) in [6, 6.07) is 11.5. The number of hydrogen-bond donors (Lipinski definition) is 1. The molecular formula is C25H27N3O4. The van der Waals surface area contributed by atoms with Crippen molar-refractivity contribution in [1.29, 1.82) is 0 Å². The molecule has 2 aromatic carbocycles. The second kappa shape index (κ2) is 9.34. The highest BCUT2D eigenvalue weighted by Crippen LogP contribution is 2.26. The van der Waals surface area contributed by atoms with Gasteiger partial charge >= 0.3 is 0 Å². The van der Waals surface area contributed by atoms with E-state index in [0.717, 1.165) is 45.2 Å². The Morgan fingerprint density at radius 3 is 2.41 bits per heavy atom. The second-order valence-corrected chi connectivity index (χ2v) is 8.23. The Bertz CT molecular complexity index is 1070. The van der Waals surface area contributed by atoms with Crippen LogP contribution >= 0.6 is 0 Å². The van der Waals surface area contributed by atoms with Gasteiger partial charge in [-0.1, -0.05) is 25.5 Å². The van der Waals surface area contributed by atoms with Gasteiger partial charge in [-0.2, -0.15) is 0 Å². The van der Waals surface area contributed by atoms with Crippen LogP contribution in [0.25, 0.3) is 0 Å². The molecule has 0 spiro atoms. The van der Waals surface area contributed by atoms with Gasteiger partial charge in [-0.25, -0.2) is 0 Å². The van der Waals surface area contributed by atoms with Crippen LogP contribution in [0.1, 0.15) is 80.5 Å². The lowest BCUT2D eigenvalue weighted by Crippen LogP contribution is -2.36. The first kappa shape index (κ1) is 21.7. The summed E-state index contributed by atoms with van der Waals surface area (Å²) in [5.41, 5.74) is 1.71. The first-order valence-corrected chi connectivity index (χ1v) is 11.2. The molecule has 4 rings (SSSR count). The molecule has 2 aliphatic rings. The highest BCUT2D eigenvalue weighted by atomic mass is 16.2. The number of piperidine rings is 1. The molecule has 1 N–H and O–H groups in total. The van der Waals surface area contributed by atoms with Gasteiger partial charge in [-0.15, -0.1) is 0 Å². The summed E-state index contributed by atoms with van der Waals surface area (Å²) >= 11 is 0. The third-order valence-corrected chi connectivity index (χ3v) is 6.02. The van der Waals surface area contributed by atoms with Crippen LogP contribution in [0.2, 0.25) is 0 Å². The molecule has 7 heteroatoms. The Labute approximate surface area is 187 Å². The SMILES string of the molecule is CCCCN1C(=O)c2ccc(C(=O)Nc3ccccc3C(=O)N3CCCCC3)cc2C1=O. The second-order valence-electron chi connectivity index (χ2n) is 8.23. The molecule has 1 saturated heterocycles. The summed E-state index contributed by atoms with van der Waals surface area (Å²) in [5, 5.41) is 2.81. The largest absolute Gasteiger partial charge is 0.339 e. The molecule has 2 aliphatic heterocycles. The quantitative estimate of drug-likeness (QED) is 0.699. The average molecular weight is 434 g/mol. The number of carbonyl (C=O) groups is 4. The number of likely N-dealkylation sites (tertiary alicyclic amines) is 1. The molecule has 0 unspecified atom stereocenters. The Morgan fingerprint density at radius 1 is 0.938 bits per heavy atom. The standard InChI is InChI=1S/C25H27N3O4/c1-2-3-15-28-24(31)18-12-11-17(16-20(18)25(28)32)22(29)26-21-10-6-5-9-19(21)23(30)27-13-7-4-8-14-27/h5-6,9-12,16H,2-4,7-8,13-15H2,1H3,(H,26,29). The number of carbonyl (C=O) groups excluding carboxylic acids is 4. The van der Waals surface area contributed by atoms with Gasteiger partial charge in [-0.05, 0) is 56.0 Å². The molecule has 32 heavy (non-hydrogen) atoms. The minimum atomic E-state index is -0.432. The first-order chi connectivity index (χ1) is 15.5. The molecule has 0 aliphatic carbocycles. The molecule has 0 aromatic heterocycles. The maximum atomic E-state index is 13.0. The van der Waals surface area contributed by atoms with Gasteiger partial charge in [-0.3, -0.25) is 24.1 Å². The van der Waals surface area contributed by atoms with Crippen molar-refractivity contribution in [3.63, 3.8) is 0 Å². The lowest BCUT2D eigenvalue weighted by atomic mass is 10.0. The van der Waals surface area contributed by atoms with Crippen LogP contribution < -0.4 is 5.32 Å². The third-order valence-electron chi connectivity index (χ3n) is 6.02. The fourth-order valence-electron chi connectivity index (χ4n) is 4.19. The van der Waals surface area contributed by atoms with Crippen LogP contribution in [0.4, 0.5) is 5.69 Å². The van der Waals surface area contributed by atoms with E-state index < -0.39 is 5.91 Å². The van der Waals surface area contributed by atoms with Crippen molar-refractivity contribution in [2.45, 2.75) is 39.0 Å². The summed E-state index contributed by atoms with van der Waals surface area (Å²) in [6.45, 7) is 3.80. The zero-order chi connectivity index (χ0) is 22.7. The predicted molar refractivity (Wildman–Crippen MR) is 121 cm³/mol. The lowest BCUT2D eigenvalue weighted by molar-refractivity contribution is 0.0650. The van der Waals surface area contributed by atoms with Crippen LogP contribution in [-0.4, -0.2) is 53.1 Å². The number of nitrogens with zero attached hydrogens (tertiary/aromatic N) is 2. The summed E-state index contributed by atoms with van der Waals surface area (Å²) in [5.74, 6) is -1.21. The summed E-state index contributed by atoms with van der Waals surface area (Å²) in [6.07, 6.45) is 4.70. The molecular weight excluding hydrogens is 406 g/mol. The summed E-state index contributed by atoms with van der Waals surface area (Å²) in [7, 11) is 0. The van der Waals surface area contributed by atoms with Crippen molar-refractivity contribution in [1.82, 2.24) is 9.80 Å². The minimum Gasteiger partial charge on any atom is -0.339 e. The smallest absolute Gasteiger partial charge is 0.261 e. The third kappa shape index (κ3) is 4.15. The van der Waals surface area contributed by atoms with Gasteiger partial charge in [0.05, 0.1) is 22.4 Å². The Morgan fingerprint density at radius 2 is 1.66 bits per heavy atom. The molecule has 2 heterocycles. The van der Waals surface area contributed by atoms with Gasteiger partial charge in [0, 0.05) is 25.2 Å². The van der Waals surface area contributed by atoms with Crippen molar-refractivity contribution < 1.29 is 19.2 Å². The number of unbranched alkanes of at least 4 members (excludes halogenated alkanes) is 1. The molecule has 166 valence electrons. The maximum Gasteiger partial charge on any atom is 0.261 e. The van der Waals surface area contributed by atoms with Crippen LogP contribution in [0.15, 0.2) is 42.5 Å². The monoisotopic (exact) mass is 433 g/mol. The zero-order valence-electron chi connectivity index (χ0n) is 18.2. The Balaban J connectivity index is 1.54. The van der Waals surface area contributed by atoms with Crippen molar-refractivity contribution in [3.05, 3.63) is 64.7 Å². The fraction of sp³-hybridized carbons (Fsp3) is 0.360. The van der Waals surface area contributed by atoms with Crippen molar-refractivity contribution in [3.8, 4) is 0 Å². The van der Waals surface area contributed by atoms with E-state index in [1.54, 1.807) is 24.3 Å². The van der Waals surface area contributed by atoms with Crippen molar-refractivity contribution >= 4 is 29.3 Å². The molecule has 0 radical (unpaired) electrons. The number of imide groups is 1. The topological polar surface area (TPSA) is 86.8 Å². The highest BCUT2D eigenvalue weighted by Gasteiger charge is 2.35. The van der Waals surface area contributed by atoms with E-state index in [1.165, 1.54) is 23.1 Å². The van der Waals surface area contributed by atoms with Crippen LogP contribution in [0, 0.1) is 0 Å². The highest BCUT2D eigenvalue weighted by molar-refractivity contribution is 6.22. The van der Waals surface area contributed by atoms with Gasteiger partial charge < -0.3 is 10.2 Å². The van der Waals surface area contributed by atoms with E-state index >= 15 is 0 Å². The predicted octanol–water partition coefficient (Wildman–Crippen LogP) is 3.96. The molecule has 0 atom stereocenters. The number of anilines is 1. The van der Waals surface area contributed by atoms with E-state index in [0.29, 0.717) is 23.4 Å². The van der Waals surface area contributed by atoms with E-state index in [9.17, 15) is 19.2 Å². The fourth-order valence-corrected chi connectivity index (χ4v) is 4.19. The van der Waals surface area contributed by atoms with Gasteiger partial charge in [0.2, 0.25) is 0 Å². The normalized spacial score (nSPS) is 15.7.